The SMILES string of the molecule is Cc1ccc(C(C)NCC(C)(O)CO)c(C)c1. The Morgan fingerprint density at radius 1 is 1.35 bits per heavy atom. The Hall–Kier alpha value is -0.900. The van der Waals surface area contributed by atoms with E-state index in [0.29, 0.717) is 6.54 Å². The Kier molecular flexibility index (Phi) is 4.69. The molecule has 0 radical (unpaired) electrons. The zero-order valence-electron chi connectivity index (χ0n) is 11.1. The van der Waals surface area contributed by atoms with Gasteiger partial charge in [-0.05, 0) is 38.8 Å². The highest BCUT2D eigenvalue weighted by Gasteiger charge is 2.20. The number of benzene rings is 1. The van der Waals surface area contributed by atoms with Gasteiger partial charge in [-0.1, -0.05) is 23.8 Å². The van der Waals surface area contributed by atoms with E-state index in [1.807, 2.05) is 0 Å². The summed E-state index contributed by atoms with van der Waals surface area (Å²) in [6.07, 6.45) is 0. The third kappa shape index (κ3) is 4.11. The summed E-state index contributed by atoms with van der Waals surface area (Å²) >= 11 is 0. The predicted molar refractivity (Wildman–Crippen MR) is 70.0 cm³/mol. The molecule has 17 heavy (non-hydrogen) atoms. The number of hydrogen-bond donors (Lipinski definition) is 3. The maximum Gasteiger partial charge on any atom is 0.0973 e. The van der Waals surface area contributed by atoms with Crippen molar-refractivity contribution in [2.24, 2.45) is 0 Å². The van der Waals surface area contributed by atoms with Crippen LogP contribution in [0.15, 0.2) is 18.2 Å². The fourth-order valence-corrected chi connectivity index (χ4v) is 1.85. The first-order valence-corrected chi connectivity index (χ1v) is 5.99. The van der Waals surface area contributed by atoms with E-state index >= 15 is 0 Å². The van der Waals surface area contributed by atoms with Crippen molar-refractivity contribution in [2.45, 2.75) is 39.3 Å². The summed E-state index contributed by atoms with van der Waals surface area (Å²) in [6.45, 7) is 7.98. The Labute approximate surface area is 103 Å². The van der Waals surface area contributed by atoms with E-state index < -0.39 is 5.60 Å². The van der Waals surface area contributed by atoms with Crippen molar-refractivity contribution in [1.82, 2.24) is 5.32 Å². The summed E-state index contributed by atoms with van der Waals surface area (Å²) in [5, 5.41) is 21.9. The molecule has 2 atom stereocenters. The molecule has 0 heterocycles. The van der Waals surface area contributed by atoms with Crippen LogP contribution in [0, 0.1) is 13.8 Å². The van der Waals surface area contributed by atoms with E-state index in [1.165, 1.54) is 16.7 Å². The standard InChI is InChI=1S/C14H23NO2/c1-10-5-6-13(11(2)7-10)12(3)15-8-14(4,17)9-16/h5-7,12,15-17H,8-9H2,1-4H3. The molecule has 1 aromatic carbocycles. The van der Waals surface area contributed by atoms with Crippen molar-refractivity contribution < 1.29 is 10.2 Å². The van der Waals surface area contributed by atoms with Crippen LogP contribution in [0.4, 0.5) is 0 Å². The molecule has 0 aliphatic carbocycles. The third-order valence-electron chi connectivity index (χ3n) is 3.02. The van der Waals surface area contributed by atoms with Gasteiger partial charge < -0.3 is 15.5 Å². The minimum absolute atomic E-state index is 0.161. The maximum absolute atomic E-state index is 9.72. The van der Waals surface area contributed by atoms with Crippen molar-refractivity contribution in [2.75, 3.05) is 13.2 Å². The minimum atomic E-state index is -1.06. The molecule has 3 N–H and O–H groups in total. The van der Waals surface area contributed by atoms with E-state index in [9.17, 15) is 5.11 Å². The number of aliphatic hydroxyl groups is 2. The average molecular weight is 237 g/mol. The molecule has 0 aromatic heterocycles. The zero-order valence-corrected chi connectivity index (χ0v) is 11.1. The normalized spacial score (nSPS) is 16.6. The highest BCUT2D eigenvalue weighted by molar-refractivity contribution is 5.32. The molecule has 3 heteroatoms. The molecule has 1 rings (SSSR count). The summed E-state index contributed by atoms with van der Waals surface area (Å²) in [6, 6.07) is 6.51. The third-order valence-corrected chi connectivity index (χ3v) is 3.02. The van der Waals surface area contributed by atoms with Crippen molar-refractivity contribution in [3.05, 3.63) is 34.9 Å². The van der Waals surface area contributed by atoms with Gasteiger partial charge in [-0.15, -0.1) is 0 Å². The summed E-state index contributed by atoms with van der Waals surface area (Å²) in [4.78, 5) is 0. The molecule has 0 bridgehead atoms. The van der Waals surface area contributed by atoms with Gasteiger partial charge in [-0.3, -0.25) is 0 Å². The van der Waals surface area contributed by atoms with E-state index in [0.717, 1.165) is 0 Å². The fourth-order valence-electron chi connectivity index (χ4n) is 1.85. The van der Waals surface area contributed by atoms with Crippen LogP contribution < -0.4 is 5.32 Å². The van der Waals surface area contributed by atoms with Crippen molar-refractivity contribution in [1.29, 1.82) is 0 Å². The quantitative estimate of drug-likeness (QED) is 0.730. The molecule has 0 spiro atoms. The molecule has 3 nitrogen and oxygen atoms in total. The minimum Gasteiger partial charge on any atom is -0.393 e. The van der Waals surface area contributed by atoms with Gasteiger partial charge in [0.05, 0.1) is 12.2 Å². The largest absolute Gasteiger partial charge is 0.393 e. The second-order valence-electron chi connectivity index (χ2n) is 5.12. The summed E-state index contributed by atoms with van der Waals surface area (Å²) in [5.74, 6) is 0. The second-order valence-corrected chi connectivity index (χ2v) is 5.12. The number of nitrogens with one attached hydrogen (secondary N) is 1. The smallest absolute Gasteiger partial charge is 0.0973 e. The van der Waals surface area contributed by atoms with Crippen LogP contribution in [0.5, 0.6) is 0 Å². The number of rotatable bonds is 5. The number of aryl methyl sites for hydroxylation is 2. The van der Waals surface area contributed by atoms with Gasteiger partial charge in [0.1, 0.15) is 0 Å². The lowest BCUT2D eigenvalue weighted by molar-refractivity contribution is 0.00104. The summed E-state index contributed by atoms with van der Waals surface area (Å²) < 4.78 is 0. The van der Waals surface area contributed by atoms with Gasteiger partial charge in [-0.2, -0.15) is 0 Å². The average Bonchev–Trinajstić information content (AvgIpc) is 2.26. The fraction of sp³-hybridized carbons (Fsp3) is 0.571. The molecule has 1 aromatic rings. The van der Waals surface area contributed by atoms with Crippen molar-refractivity contribution in [3.8, 4) is 0 Å². The first-order chi connectivity index (χ1) is 7.85. The van der Waals surface area contributed by atoms with Crippen LogP contribution in [0.2, 0.25) is 0 Å². The summed E-state index contributed by atoms with van der Waals surface area (Å²) in [7, 11) is 0. The molecule has 0 aliphatic rings. The molecule has 0 amide bonds. The van der Waals surface area contributed by atoms with Gasteiger partial charge in [0, 0.05) is 12.6 Å². The van der Waals surface area contributed by atoms with Crippen LogP contribution in [0.1, 0.15) is 36.6 Å². The Balaban J connectivity index is 2.67. The van der Waals surface area contributed by atoms with Crippen molar-refractivity contribution in [3.63, 3.8) is 0 Å². The van der Waals surface area contributed by atoms with Gasteiger partial charge in [-0.25, -0.2) is 0 Å². The maximum atomic E-state index is 9.72. The van der Waals surface area contributed by atoms with Crippen LogP contribution >= 0.6 is 0 Å². The van der Waals surface area contributed by atoms with Crippen LogP contribution in [0.3, 0.4) is 0 Å². The lowest BCUT2D eigenvalue weighted by Crippen LogP contribution is -2.41. The topological polar surface area (TPSA) is 52.5 Å². The van der Waals surface area contributed by atoms with Crippen LogP contribution in [-0.2, 0) is 0 Å². The lowest BCUT2D eigenvalue weighted by Gasteiger charge is -2.24. The van der Waals surface area contributed by atoms with E-state index in [1.54, 1.807) is 6.92 Å². The van der Waals surface area contributed by atoms with E-state index in [4.69, 9.17) is 5.11 Å². The Morgan fingerprint density at radius 3 is 2.53 bits per heavy atom. The zero-order chi connectivity index (χ0) is 13.1. The molecule has 0 aliphatic heterocycles. The predicted octanol–water partition coefficient (Wildman–Crippen LogP) is 1.70. The van der Waals surface area contributed by atoms with Gasteiger partial charge in [0.15, 0.2) is 0 Å². The molecule has 0 saturated carbocycles. The van der Waals surface area contributed by atoms with E-state index in [-0.39, 0.29) is 12.6 Å². The lowest BCUT2D eigenvalue weighted by atomic mass is 9.99. The second kappa shape index (κ2) is 5.63. The molecule has 96 valence electrons. The highest BCUT2D eigenvalue weighted by atomic mass is 16.3. The first-order valence-electron chi connectivity index (χ1n) is 5.99. The number of aliphatic hydroxyl groups excluding tert-OH is 1. The molecule has 2 unspecified atom stereocenters. The van der Waals surface area contributed by atoms with Gasteiger partial charge in [0.2, 0.25) is 0 Å². The monoisotopic (exact) mass is 237 g/mol. The molecular formula is C14H23NO2. The highest BCUT2D eigenvalue weighted by Crippen LogP contribution is 2.18. The Morgan fingerprint density at radius 2 is 2.00 bits per heavy atom. The van der Waals surface area contributed by atoms with Crippen LogP contribution in [-0.4, -0.2) is 29.0 Å². The van der Waals surface area contributed by atoms with Crippen molar-refractivity contribution >= 4 is 0 Å². The summed E-state index contributed by atoms with van der Waals surface area (Å²) in [5.41, 5.74) is 2.66. The van der Waals surface area contributed by atoms with E-state index in [2.05, 4.69) is 44.3 Å². The molecule has 0 fully saturated rings. The molecular weight excluding hydrogens is 214 g/mol. The molecule has 0 saturated heterocycles. The Bertz CT molecular complexity index is 374. The first kappa shape index (κ1) is 14.2. The van der Waals surface area contributed by atoms with Gasteiger partial charge in [0.25, 0.3) is 0 Å². The van der Waals surface area contributed by atoms with Crippen LogP contribution in [0.25, 0.3) is 0 Å². The van der Waals surface area contributed by atoms with Gasteiger partial charge >= 0.3 is 0 Å². The number of hydrogen-bond acceptors (Lipinski definition) is 3.